The Morgan fingerprint density at radius 3 is 1.20 bits per heavy atom. The molecule has 0 heterocycles. The van der Waals surface area contributed by atoms with Crippen molar-refractivity contribution >= 4 is 19.8 Å². The molecule has 0 radical (unpaired) electrons. The predicted molar refractivity (Wildman–Crippen MR) is 300 cm³/mol. The largest absolute Gasteiger partial charge is 0.756 e. The van der Waals surface area contributed by atoms with Crippen LogP contribution >= 0.6 is 7.82 Å². The number of likely N-dealkylation sites (N-methyl/N-ethyl adjacent to an activating group) is 1. The van der Waals surface area contributed by atoms with Crippen molar-refractivity contribution in [2.24, 2.45) is 0 Å². The number of quaternary nitrogens is 1. The maximum atomic E-state index is 12.7. The predicted octanol–water partition coefficient (Wildman–Crippen LogP) is 17.2. The van der Waals surface area contributed by atoms with Crippen molar-refractivity contribution < 1.29 is 42.1 Å². The summed E-state index contributed by atoms with van der Waals surface area (Å²) in [6.07, 6.45) is 69.8. The van der Waals surface area contributed by atoms with Crippen LogP contribution in [0.25, 0.3) is 0 Å². The summed E-state index contributed by atoms with van der Waals surface area (Å²) in [5.74, 6) is -0.839. The first-order valence-corrected chi connectivity index (χ1v) is 30.3. The summed E-state index contributed by atoms with van der Waals surface area (Å²) in [7, 11) is 1.17. The van der Waals surface area contributed by atoms with Gasteiger partial charge in [-0.15, -0.1) is 0 Å². The molecule has 0 rings (SSSR count). The number of ether oxygens (including phenoxy) is 2. The van der Waals surface area contributed by atoms with Crippen molar-refractivity contribution in [2.45, 2.75) is 245 Å². The van der Waals surface area contributed by atoms with E-state index in [4.69, 9.17) is 18.5 Å². The van der Waals surface area contributed by atoms with Crippen molar-refractivity contribution in [3.05, 3.63) is 85.1 Å². The molecule has 2 atom stereocenters. The Hall–Kier alpha value is -2.81. The van der Waals surface area contributed by atoms with Crippen LogP contribution in [-0.4, -0.2) is 70.0 Å². The van der Waals surface area contributed by atoms with Gasteiger partial charge in [0.15, 0.2) is 6.10 Å². The van der Waals surface area contributed by atoms with Crippen molar-refractivity contribution in [3.8, 4) is 0 Å². The summed E-state index contributed by atoms with van der Waals surface area (Å²) in [6.45, 7) is 4.05. The van der Waals surface area contributed by atoms with E-state index in [0.29, 0.717) is 17.4 Å². The van der Waals surface area contributed by atoms with Gasteiger partial charge in [-0.3, -0.25) is 14.2 Å². The molecular weight excluding hydrogens is 906 g/mol. The van der Waals surface area contributed by atoms with E-state index in [1.54, 1.807) is 0 Å². The lowest BCUT2D eigenvalue weighted by Crippen LogP contribution is -2.37. The van der Waals surface area contributed by atoms with Crippen LogP contribution in [0.1, 0.15) is 239 Å². The normalized spacial score (nSPS) is 13.9. The number of nitrogens with zero attached hydrogens (tertiary/aromatic N) is 1. The van der Waals surface area contributed by atoms with Crippen LogP contribution in [0.15, 0.2) is 85.1 Å². The standard InChI is InChI=1S/C61H108NO8P/c1-6-8-10-12-14-15-16-17-18-19-20-21-22-23-24-25-26-27-28-29-30-31-32-33-34-35-36-37-38-39-40-41-42-43-44-45-46-47-48-50-52-54-61(64)70-59(57-67-60(63)53-51-49-13-11-9-7-2)58-69-71(65,66)68-56-55-62(3,4)5/h8,10,14-15,17-18,20-21,23-24,26-27,29-30,59H,6-7,9,11-13,16,19,22,25,28,31-58H2,1-5H3/b10-8-,15-14-,18-17-,21-20-,24-23-,27-26-,30-29-. The van der Waals surface area contributed by atoms with Gasteiger partial charge in [0.1, 0.15) is 19.8 Å². The number of hydrogen-bond acceptors (Lipinski definition) is 8. The van der Waals surface area contributed by atoms with Crippen LogP contribution in [0.5, 0.6) is 0 Å². The SMILES string of the molecule is CC/C=C\C/C=C\C/C=C\C/C=C\C/C=C\C/C=C\C/C=C\CCCCCCCCCCCCCCCCCCCCCC(=O)OC(COC(=O)CCCCCCCC)COP(=O)([O-])OCC[N+](C)(C)C. The lowest BCUT2D eigenvalue weighted by Gasteiger charge is -2.28. The average Bonchev–Trinajstić information content (AvgIpc) is 3.33. The number of esters is 2. The fourth-order valence-electron chi connectivity index (χ4n) is 7.75. The molecule has 10 heteroatoms. The molecule has 0 saturated heterocycles. The molecule has 0 aromatic heterocycles. The molecule has 0 spiro atoms. The second kappa shape index (κ2) is 52.1. The van der Waals surface area contributed by atoms with Gasteiger partial charge in [-0.1, -0.05) is 240 Å². The first-order valence-electron chi connectivity index (χ1n) is 28.8. The van der Waals surface area contributed by atoms with Crippen LogP contribution in [-0.2, 0) is 32.7 Å². The third-order valence-electron chi connectivity index (χ3n) is 12.2. The zero-order chi connectivity index (χ0) is 52.0. The molecular formula is C61H108NO8P. The summed E-state index contributed by atoms with van der Waals surface area (Å²) in [6, 6.07) is 0. The lowest BCUT2D eigenvalue weighted by molar-refractivity contribution is -0.870. The van der Waals surface area contributed by atoms with Gasteiger partial charge in [0.25, 0.3) is 7.82 Å². The molecule has 0 N–H and O–H groups in total. The Kier molecular flexibility index (Phi) is 50.0. The van der Waals surface area contributed by atoms with Gasteiger partial charge >= 0.3 is 11.9 Å². The van der Waals surface area contributed by atoms with Gasteiger partial charge in [0.05, 0.1) is 27.7 Å². The Morgan fingerprint density at radius 2 is 0.803 bits per heavy atom. The Labute approximate surface area is 437 Å². The Balaban J connectivity index is 3.81. The molecule has 0 aliphatic heterocycles. The number of allylic oxidation sites excluding steroid dienone is 14. The van der Waals surface area contributed by atoms with Crippen molar-refractivity contribution in [1.29, 1.82) is 0 Å². The smallest absolute Gasteiger partial charge is 0.306 e. The van der Waals surface area contributed by atoms with Gasteiger partial charge in [0, 0.05) is 12.8 Å². The minimum atomic E-state index is -4.62. The Bertz CT molecular complexity index is 1470. The molecule has 0 aliphatic rings. The quantitative estimate of drug-likeness (QED) is 0.0195. The highest BCUT2D eigenvalue weighted by Crippen LogP contribution is 2.38. The number of rotatable bonds is 52. The number of phosphoric acid groups is 1. The first kappa shape index (κ1) is 68.2. The fourth-order valence-corrected chi connectivity index (χ4v) is 8.48. The third kappa shape index (κ3) is 56.3. The highest BCUT2D eigenvalue weighted by atomic mass is 31.2. The number of carbonyl (C=O) groups excluding carboxylic acids is 2. The topological polar surface area (TPSA) is 111 Å². The van der Waals surface area contributed by atoms with Gasteiger partial charge < -0.3 is 27.9 Å². The molecule has 410 valence electrons. The van der Waals surface area contributed by atoms with Crippen LogP contribution in [0.2, 0.25) is 0 Å². The molecule has 0 fully saturated rings. The highest BCUT2D eigenvalue weighted by molar-refractivity contribution is 7.45. The van der Waals surface area contributed by atoms with E-state index in [-0.39, 0.29) is 26.1 Å². The molecule has 0 aliphatic carbocycles. The van der Waals surface area contributed by atoms with Gasteiger partial charge in [-0.05, 0) is 70.6 Å². The maximum absolute atomic E-state index is 12.7. The summed E-state index contributed by atoms with van der Waals surface area (Å²) in [5, 5.41) is 0. The second-order valence-corrected chi connectivity index (χ2v) is 21.7. The van der Waals surface area contributed by atoms with Gasteiger partial charge in [-0.2, -0.15) is 0 Å². The zero-order valence-electron chi connectivity index (χ0n) is 46.4. The average molecular weight is 1010 g/mol. The van der Waals surface area contributed by atoms with Crippen LogP contribution in [0, 0.1) is 0 Å². The monoisotopic (exact) mass is 1010 g/mol. The van der Waals surface area contributed by atoms with Crippen molar-refractivity contribution in [1.82, 2.24) is 0 Å². The summed E-state index contributed by atoms with van der Waals surface area (Å²) < 4.78 is 33.8. The second-order valence-electron chi connectivity index (χ2n) is 20.3. The summed E-state index contributed by atoms with van der Waals surface area (Å²) >= 11 is 0. The molecule has 0 aromatic carbocycles. The summed E-state index contributed by atoms with van der Waals surface area (Å²) in [5.41, 5.74) is 0. The molecule has 9 nitrogen and oxygen atoms in total. The maximum Gasteiger partial charge on any atom is 0.306 e. The molecule has 71 heavy (non-hydrogen) atoms. The molecule has 0 amide bonds. The minimum absolute atomic E-state index is 0.0308. The van der Waals surface area contributed by atoms with E-state index in [1.807, 2.05) is 21.1 Å². The third-order valence-corrected chi connectivity index (χ3v) is 13.1. The molecule has 0 aromatic rings. The van der Waals surface area contributed by atoms with Gasteiger partial charge in [-0.25, -0.2) is 0 Å². The van der Waals surface area contributed by atoms with E-state index in [9.17, 15) is 19.0 Å². The fraction of sp³-hybridized carbons (Fsp3) is 0.738. The van der Waals surface area contributed by atoms with E-state index in [0.717, 1.165) is 96.3 Å². The number of unbranched alkanes of at least 4 members (excludes halogenated alkanes) is 24. The number of phosphoric ester groups is 1. The first-order chi connectivity index (χ1) is 34.5. The Morgan fingerprint density at radius 1 is 0.451 bits per heavy atom. The lowest BCUT2D eigenvalue weighted by atomic mass is 10.0. The van der Waals surface area contributed by atoms with Gasteiger partial charge in [0.2, 0.25) is 0 Å². The highest BCUT2D eigenvalue weighted by Gasteiger charge is 2.21. The summed E-state index contributed by atoms with van der Waals surface area (Å²) in [4.78, 5) is 37.4. The van der Waals surface area contributed by atoms with Crippen LogP contribution in [0.3, 0.4) is 0 Å². The van der Waals surface area contributed by atoms with E-state index >= 15 is 0 Å². The number of hydrogen-bond donors (Lipinski definition) is 0. The van der Waals surface area contributed by atoms with Crippen molar-refractivity contribution in [2.75, 3.05) is 47.5 Å². The van der Waals surface area contributed by atoms with E-state index in [2.05, 4.69) is 98.9 Å². The van der Waals surface area contributed by atoms with E-state index < -0.39 is 32.5 Å². The molecule has 2 unspecified atom stereocenters. The molecule has 0 bridgehead atoms. The van der Waals surface area contributed by atoms with Crippen LogP contribution < -0.4 is 4.89 Å². The molecule has 0 saturated carbocycles. The zero-order valence-corrected chi connectivity index (χ0v) is 47.3. The van der Waals surface area contributed by atoms with E-state index in [1.165, 1.54) is 109 Å². The van der Waals surface area contributed by atoms with Crippen molar-refractivity contribution in [3.63, 3.8) is 0 Å². The minimum Gasteiger partial charge on any atom is -0.756 e. The van der Waals surface area contributed by atoms with Crippen LogP contribution in [0.4, 0.5) is 0 Å². The number of carbonyl (C=O) groups is 2.